The average Bonchev–Trinajstić information content (AvgIpc) is 2.56. The van der Waals surface area contributed by atoms with E-state index in [1.807, 2.05) is 0 Å². The van der Waals surface area contributed by atoms with Crippen molar-refractivity contribution in [2.45, 2.75) is 61.5 Å². The quantitative estimate of drug-likeness (QED) is 0.205. The summed E-state index contributed by atoms with van der Waals surface area (Å²) in [6.45, 7) is -4.07. The molecule has 0 aliphatic heterocycles. The average molecular weight is 600 g/mol. The maximum absolute atomic E-state index is 13.3. The molecular formula is C13H12F16O6S. The number of ether oxygens (including phenoxy) is 3. The van der Waals surface area contributed by atoms with Gasteiger partial charge in [-0.1, -0.05) is 0 Å². The molecular weight excluding hydrogens is 588 g/mol. The lowest BCUT2D eigenvalue weighted by atomic mass is 10.1. The summed E-state index contributed by atoms with van der Waals surface area (Å²) < 4.78 is 242. The van der Waals surface area contributed by atoms with Crippen molar-refractivity contribution in [1.82, 2.24) is 0 Å². The first-order valence-corrected chi connectivity index (χ1v) is 10.0. The molecule has 218 valence electrons. The number of hydrogen-bond acceptors (Lipinski definition) is 5. The first kappa shape index (κ1) is 34.7. The number of rotatable bonds is 15. The van der Waals surface area contributed by atoms with E-state index in [9.17, 15) is 78.7 Å². The minimum Gasteiger partial charge on any atom is -0.369 e. The van der Waals surface area contributed by atoms with Gasteiger partial charge in [0.05, 0.1) is 12.4 Å². The second kappa shape index (κ2) is 10.8. The van der Waals surface area contributed by atoms with Crippen LogP contribution in [0.1, 0.15) is 12.8 Å². The van der Waals surface area contributed by atoms with Crippen molar-refractivity contribution in [1.29, 1.82) is 0 Å². The lowest BCUT2D eigenvalue weighted by molar-refractivity contribution is -0.543. The lowest BCUT2D eigenvalue weighted by Crippen LogP contribution is -2.64. The zero-order valence-corrected chi connectivity index (χ0v) is 17.4. The van der Waals surface area contributed by atoms with Crippen LogP contribution >= 0.6 is 0 Å². The van der Waals surface area contributed by atoms with Gasteiger partial charge in [-0.2, -0.15) is 74.3 Å². The fourth-order valence-corrected chi connectivity index (χ4v) is 2.33. The van der Waals surface area contributed by atoms with Crippen LogP contribution in [-0.4, -0.2) is 80.6 Å². The topological polar surface area (TPSA) is 82.1 Å². The van der Waals surface area contributed by atoms with Crippen molar-refractivity contribution < 1.29 is 97.4 Å². The van der Waals surface area contributed by atoms with Gasteiger partial charge in [-0.05, 0) is 12.8 Å². The minimum atomic E-state index is -7.98. The van der Waals surface area contributed by atoms with Crippen LogP contribution in [0.5, 0.6) is 0 Å². The molecule has 1 N–H and O–H groups in total. The smallest absolute Gasteiger partial charge is 0.369 e. The summed E-state index contributed by atoms with van der Waals surface area (Å²) >= 11 is 0. The van der Waals surface area contributed by atoms with Crippen LogP contribution in [0.4, 0.5) is 70.2 Å². The van der Waals surface area contributed by atoms with Crippen LogP contribution in [0.25, 0.3) is 0 Å². The molecule has 0 fully saturated rings. The van der Waals surface area contributed by atoms with E-state index >= 15 is 0 Å². The van der Waals surface area contributed by atoms with Gasteiger partial charge in [0.1, 0.15) is 12.8 Å². The third kappa shape index (κ3) is 8.90. The normalized spacial score (nSPS) is 16.4. The summed E-state index contributed by atoms with van der Waals surface area (Å²) in [4.78, 5) is 0. The largest absolute Gasteiger partial charge is 0.460 e. The van der Waals surface area contributed by atoms with Crippen molar-refractivity contribution in [3.05, 3.63) is 0 Å². The molecule has 0 bridgehead atoms. The molecule has 0 radical (unpaired) electrons. The fraction of sp³-hybridized carbons (Fsp3) is 1.00. The highest BCUT2D eigenvalue weighted by Crippen LogP contribution is 2.55. The van der Waals surface area contributed by atoms with Gasteiger partial charge < -0.3 is 4.74 Å². The molecule has 0 saturated heterocycles. The number of hydrogen-bond donors (Lipinski definition) is 1. The number of alkyl halides is 16. The van der Waals surface area contributed by atoms with Gasteiger partial charge in [-0.25, -0.2) is 13.9 Å². The molecule has 0 aliphatic carbocycles. The van der Waals surface area contributed by atoms with Gasteiger partial charge in [0, 0.05) is 0 Å². The molecule has 0 rings (SSSR count). The van der Waals surface area contributed by atoms with Crippen LogP contribution in [-0.2, 0) is 24.3 Å². The monoisotopic (exact) mass is 600 g/mol. The molecule has 23 heteroatoms. The van der Waals surface area contributed by atoms with Crippen LogP contribution in [0.15, 0.2) is 0 Å². The summed E-state index contributed by atoms with van der Waals surface area (Å²) in [5.74, 6) is -16.8. The summed E-state index contributed by atoms with van der Waals surface area (Å²) in [7, 11) is -4.55. The Bertz CT molecular complexity index is 827. The Morgan fingerprint density at radius 1 is 0.694 bits per heavy atom. The SMILES string of the molecule is O=S(=O)(O)CCCC(F)COCC(F)(F)OC(F)(F)C(F)(F)OC(F)(F)C(F)(F)C(F)(F)C(F)(F)F. The molecule has 0 saturated carbocycles. The van der Waals surface area contributed by atoms with Crippen LogP contribution in [0.3, 0.4) is 0 Å². The maximum atomic E-state index is 13.3. The van der Waals surface area contributed by atoms with Crippen LogP contribution < -0.4 is 0 Å². The summed E-state index contributed by atoms with van der Waals surface area (Å²) in [6.07, 6.45) is -39.3. The minimum absolute atomic E-state index is 0.621. The summed E-state index contributed by atoms with van der Waals surface area (Å²) in [5, 5.41) is 0. The van der Waals surface area contributed by atoms with E-state index in [-0.39, 0.29) is 0 Å². The van der Waals surface area contributed by atoms with E-state index in [4.69, 9.17) is 4.55 Å². The van der Waals surface area contributed by atoms with Crippen LogP contribution in [0, 0.1) is 0 Å². The fourth-order valence-electron chi connectivity index (χ4n) is 1.80. The Morgan fingerprint density at radius 2 is 1.14 bits per heavy atom. The highest BCUT2D eigenvalue weighted by atomic mass is 32.2. The second-order valence-corrected chi connectivity index (χ2v) is 8.15. The predicted octanol–water partition coefficient (Wildman–Crippen LogP) is 5.25. The Labute approximate surface area is 189 Å². The van der Waals surface area contributed by atoms with Gasteiger partial charge in [-0.15, -0.1) is 0 Å². The first-order valence-electron chi connectivity index (χ1n) is 8.42. The standard InChI is InChI=1S/C13H12F16O6S/c14-6(2-1-3-36(30,31)32)4-33-5-7(15,16)34-12(26,27)13(28,29)35-11(24,25)9(19,20)8(17,18)10(21,22)23/h6H,1-5H2,(H,30,31,32). The van der Waals surface area contributed by atoms with Gasteiger partial charge in [-0.3, -0.25) is 4.55 Å². The van der Waals surface area contributed by atoms with Gasteiger partial charge in [0.2, 0.25) is 0 Å². The van der Waals surface area contributed by atoms with E-state index in [1.54, 1.807) is 0 Å². The molecule has 0 aromatic heterocycles. The molecule has 36 heavy (non-hydrogen) atoms. The van der Waals surface area contributed by atoms with Gasteiger partial charge >= 0.3 is 42.5 Å². The van der Waals surface area contributed by atoms with Gasteiger partial charge in [0.15, 0.2) is 0 Å². The van der Waals surface area contributed by atoms with E-state index < -0.39 is 90.6 Å². The molecule has 0 spiro atoms. The third-order valence-corrected chi connectivity index (χ3v) is 4.28. The molecule has 0 aliphatic rings. The Morgan fingerprint density at radius 3 is 1.56 bits per heavy atom. The van der Waals surface area contributed by atoms with E-state index in [0.29, 0.717) is 0 Å². The highest BCUT2D eigenvalue weighted by molar-refractivity contribution is 7.85. The highest BCUT2D eigenvalue weighted by Gasteiger charge is 2.85. The lowest BCUT2D eigenvalue weighted by Gasteiger charge is -2.36. The second-order valence-electron chi connectivity index (χ2n) is 6.58. The zero-order valence-electron chi connectivity index (χ0n) is 16.6. The van der Waals surface area contributed by atoms with Crippen molar-refractivity contribution in [2.75, 3.05) is 19.0 Å². The molecule has 6 nitrogen and oxygen atoms in total. The molecule has 0 aromatic carbocycles. The molecule has 0 amide bonds. The summed E-state index contributed by atoms with van der Waals surface area (Å²) in [5.41, 5.74) is 0. The van der Waals surface area contributed by atoms with E-state index in [0.717, 1.165) is 0 Å². The van der Waals surface area contributed by atoms with Crippen molar-refractivity contribution in [2.24, 2.45) is 0 Å². The molecule has 0 heterocycles. The van der Waals surface area contributed by atoms with Crippen molar-refractivity contribution in [3.8, 4) is 0 Å². The Kier molecular flexibility index (Phi) is 10.4. The number of halogens is 16. The molecule has 1 atom stereocenters. The summed E-state index contributed by atoms with van der Waals surface area (Å²) in [6, 6.07) is 0. The molecule has 0 aromatic rings. The third-order valence-electron chi connectivity index (χ3n) is 3.48. The first-order chi connectivity index (χ1) is 15.5. The predicted molar refractivity (Wildman–Crippen MR) is 79.3 cm³/mol. The Balaban J connectivity index is 5.32. The Hall–Kier alpha value is -1.33. The van der Waals surface area contributed by atoms with E-state index in [2.05, 4.69) is 9.47 Å². The molecule has 1 unspecified atom stereocenters. The van der Waals surface area contributed by atoms with E-state index in [1.165, 1.54) is 4.74 Å². The maximum Gasteiger partial charge on any atom is 0.460 e. The van der Waals surface area contributed by atoms with Crippen LogP contribution in [0.2, 0.25) is 0 Å². The van der Waals surface area contributed by atoms with Crippen molar-refractivity contribution in [3.63, 3.8) is 0 Å². The van der Waals surface area contributed by atoms with Gasteiger partial charge in [0.25, 0.3) is 10.1 Å². The van der Waals surface area contributed by atoms with Crippen molar-refractivity contribution >= 4 is 10.1 Å². The zero-order chi connectivity index (χ0) is 29.2.